The molecule has 6 nitrogen and oxygen atoms in total. The lowest BCUT2D eigenvalue weighted by molar-refractivity contribution is 0.865. The minimum Gasteiger partial charge on any atom is -0.367 e. The molecule has 3 rings (SSSR count). The van der Waals surface area contributed by atoms with Gasteiger partial charge in [0.25, 0.3) is 0 Å². The number of anilines is 1. The third kappa shape index (κ3) is 2.10. The lowest BCUT2D eigenvalue weighted by Gasteiger charge is -2.01. The Balaban J connectivity index is 2.23. The maximum absolute atomic E-state index is 5.82. The first-order chi connectivity index (χ1) is 9.29. The van der Waals surface area contributed by atoms with E-state index in [9.17, 15) is 0 Å². The van der Waals surface area contributed by atoms with E-state index < -0.39 is 0 Å². The predicted octanol–water partition coefficient (Wildman–Crippen LogP) is 2.30. The van der Waals surface area contributed by atoms with Crippen molar-refractivity contribution in [3.8, 4) is 5.82 Å². The van der Waals surface area contributed by atoms with Gasteiger partial charge in [0.15, 0.2) is 11.6 Å². The smallest absolute Gasteiger partial charge is 0.224 e. The van der Waals surface area contributed by atoms with Gasteiger partial charge in [0, 0.05) is 25.0 Å². The molecule has 0 radical (unpaired) electrons. The van der Waals surface area contributed by atoms with Crippen LogP contribution in [0.4, 0.5) is 5.82 Å². The van der Waals surface area contributed by atoms with E-state index in [4.69, 9.17) is 11.6 Å². The standard InChI is InChI=1S/C12H11ClN6/c1-2-14-11-10-8(4-3-6-15-10)19(18-11)9-5-7-16-12(13)17-9/h3-7H,2H2,1H3,(H,14,18). The molecule has 0 aliphatic heterocycles. The summed E-state index contributed by atoms with van der Waals surface area (Å²) in [5.41, 5.74) is 1.67. The summed E-state index contributed by atoms with van der Waals surface area (Å²) in [6.07, 6.45) is 3.34. The molecule has 0 aliphatic carbocycles. The van der Waals surface area contributed by atoms with Gasteiger partial charge in [-0.3, -0.25) is 4.98 Å². The van der Waals surface area contributed by atoms with E-state index in [0.29, 0.717) is 5.82 Å². The first kappa shape index (κ1) is 11.9. The number of nitrogens with one attached hydrogen (secondary N) is 1. The molecule has 3 heterocycles. The molecule has 0 spiro atoms. The van der Waals surface area contributed by atoms with Crippen LogP contribution in [0.25, 0.3) is 16.9 Å². The second-order valence-corrected chi connectivity index (χ2v) is 4.18. The molecule has 0 aromatic carbocycles. The second kappa shape index (κ2) is 4.81. The molecule has 3 aromatic heterocycles. The van der Waals surface area contributed by atoms with Gasteiger partial charge in [0.1, 0.15) is 5.52 Å². The maximum Gasteiger partial charge on any atom is 0.224 e. The predicted molar refractivity (Wildman–Crippen MR) is 73.6 cm³/mol. The third-order valence-electron chi connectivity index (χ3n) is 2.61. The van der Waals surface area contributed by atoms with Crippen molar-refractivity contribution in [1.29, 1.82) is 0 Å². The zero-order chi connectivity index (χ0) is 13.2. The van der Waals surface area contributed by atoms with E-state index in [1.165, 1.54) is 0 Å². The third-order valence-corrected chi connectivity index (χ3v) is 2.79. The first-order valence-electron chi connectivity index (χ1n) is 5.86. The molecule has 0 bridgehead atoms. The van der Waals surface area contributed by atoms with Crippen molar-refractivity contribution in [2.45, 2.75) is 6.92 Å². The zero-order valence-electron chi connectivity index (χ0n) is 10.2. The average Bonchev–Trinajstić information content (AvgIpc) is 2.79. The molecule has 0 atom stereocenters. The molecule has 0 unspecified atom stereocenters. The quantitative estimate of drug-likeness (QED) is 0.742. The Bertz CT molecular complexity index is 723. The van der Waals surface area contributed by atoms with Gasteiger partial charge in [-0.25, -0.2) is 9.67 Å². The number of pyridine rings is 1. The summed E-state index contributed by atoms with van der Waals surface area (Å²) in [5, 5.41) is 7.86. The monoisotopic (exact) mass is 274 g/mol. The van der Waals surface area contributed by atoms with Crippen LogP contribution >= 0.6 is 11.6 Å². The normalized spacial score (nSPS) is 10.8. The minimum absolute atomic E-state index is 0.190. The summed E-state index contributed by atoms with van der Waals surface area (Å²) in [5.74, 6) is 1.34. The summed E-state index contributed by atoms with van der Waals surface area (Å²) >= 11 is 5.82. The lowest BCUT2D eigenvalue weighted by atomic mass is 10.3. The van der Waals surface area contributed by atoms with Crippen molar-refractivity contribution < 1.29 is 0 Å². The van der Waals surface area contributed by atoms with Gasteiger partial charge in [0.2, 0.25) is 5.28 Å². The van der Waals surface area contributed by atoms with Gasteiger partial charge in [-0.1, -0.05) is 0 Å². The Kier molecular flexibility index (Phi) is 3.00. The molecule has 0 fully saturated rings. The molecule has 0 saturated heterocycles. The molecule has 3 aromatic rings. The summed E-state index contributed by atoms with van der Waals surface area (Å²) < 4.78 is 1.70. The van der Waals surface area contributed by atoms with Gasteiger partial charge < -0.3 is 5.32 Å². The van der Waals surface area contributed by atoms with E-state index in [0.717, 1.165) is 23.4 Å². The van der Waals surface area contributed by atoms with E-state index >= 15 is 0 Å². The Morgan fingerprint density at radius 2 is 2.16 bits per heavy atom. The van der Waals surface area contributed by atoms with Crippen LogP contribution in [0.15, 0.2) is 30.6 Å². The van der Waals surface area contributed by atoms with Gasteiger partial charge >= 0.3 is 0 Å². The molecule has 0 aliphatic rings. The molecular formula is C12H11ClN6. The number of fused-ring (bicyclic) bond motifs is 1. The molecule has 96 valence electrons. The van der Waals surface area contributed by atoms with Gasteiger partial charge in [0.05, 0.1) is 5.52 Å². The average molecular weight is 275 g/mol. The van der Waals surface area contributed by atoms with Crippen LogP contribution in [0.2, 0.25) is 5.28 Å². The molecular weight excluding hydrogens is 264 g/mol. The number of hydrogen-bond donors (Lipinski definition) is 1. The summed E-state index contributed by atoms with van der Waals surface area (Å²) in [6, 6.07) is 5.55. The second-order valence-electron chi connectivity index (χ2n) is 3.85. The highest BCUT2D eigenvalue weighted by atomic mass is 35.5. The Hall–Kier alpha value is -2.21. The number of halogens is 1. The van der Waals surface area contributed by atoms with Crippen LogP contribution in [0.1, 0.15) is 6.92 Å². The van der Waals surface area contributed by atoms with Crippen LogP contribution in [-0.4, -0.2) is 31.3 Å². The first-order valence-corrected chi connectivity index (χ1v) is 6.24. The fourth-order valence-electron chi connectivity index (χ4n) is 1.86. The SMILES string of the molecule is CCNc1nn(-c2ccnc(Cl)n2)c2cccnc12. The fraction of sp³-hybridized carbons (Fsp3) is 0.167. The zero-order valence-corrected chi connectivity index (χ0v) is 11.0. The molecule has 7 heteroatoms. The topological polar surface area (TPSA) is 68.5 Å². The van der Waals surface area contributed by atoms with Crippen molar-refractivity contribution in [1.82, 2.24) is 24.7 Å². The minimum atomic E-state index is 0.190. The van der Waals surface area contributed by atoms with Crippen LogP contribution < -0.4 is 5.32 Å². The van der Waals surface area contributed by atoms with E-state index in [-0.39, 0.29) is 5.28 Å². The summed E-state index contributed by atoms with van der Waals surface area (Å²) in [4.78, 5) is 12.4. The largest absolute Gasteiger partial charge is 0.367 e. The maximum atomic E-state index is 5.82. The Morgan fingerprint density at radius 3 is 2.95 bits per heavy atom. The highest BCUT2D eigenvalue weighted by Gasteiger charge is 2.13. The van der Waals surface area contributed by atoms with Crippen LogP contribution in [0.3, 0.4) is 0 Å². The van der Waals surface area contributed by atoms with Gasteiger partial charge in [-0.05, 0) is 30.7 Å². The Morgan fingerprint density at radius 1 is 1.26 bits per heavy atom. The number of nitrogens with zero attached hydrogens (tertiary/aromatic N) is 5. The highest BCUT2D eigenvalue weighted by molar-refractivity contribution is 6.28. The van der Waals surface area contributed by atoms with Crippen molar-refractivity contribution >= 4 is 28.5 Å². The van der Waals surface area contributed by atoms with Crippen molar-refractivity contribution in [3.63, 3.8) is 0 Å². The Labute approximate surface area is 114 Å². The number of aromatic nitrogens is 5. The summed E-state index contributed by atoms with van der Waals surface area (Å²) in [6.45, 7) is 2.78. The number of rotatable bonds is 3. The van der Waals surface area contributed by atoms with E-state index in [1.54, 1.807) is 23.1 Å². The van der Waals surface area contributed by atoms with E-state index in [1.807, 2.05) is 19.1 Å². The fourth-order valence-corrected chi connectivity index (χ4v) is 2.00. The van der Waals surface area contributed by atoms with Crippen molar-refractivity contribution in [2.24, 2.45) is 0 Å². The number of hydrogen-bond acceptors (Lipinski definition) is 5. The van der Waals surface area contributed by atoms with Crippen LogP contribution in [0, 0.1) is 0 Å². The lowest BCUT2D eigenvalue weighted by Crippen LogP contribution is -2.02. The summed E-state index contributed by atoms with van der Waals surface area (Å²) in [7, 11) is 0. The van der Waals surface area contributed by atoms with Crippen molar-refractivity contribution in [2.75, 3.05) is 11.9 Å². The molecule has 1 N–H and O–H groups in total. The van der Waals surface area contributed by atoms with Gasteiger partial charge in [-0.2, -0.15) is 4.98 Å². The van der Waals surface area contributed by atoms with Crippen LogP contribution in [0.5, 0.6) is 0 Å². The van der Waals surface area contributed by atoms with Crippen LogP contribution in [-0.2, 0) is 0 Å². The molecule has 0 amide bonds. The van der Waals surface area contributed by atoms with Gasteiger partial charge in [-0.15, -0.1) is 5.10 Å². The van der Waals surface area contributed by atoms with E-state index in [2.05, 4.69) is 25.4 Å². The highest BCUT2D eigenvalue weighted by Crippen LogP contribution is 2.22. The molecule has 19 heavy (non-hydrogen) atoms. The molecule has 0 saturated carbocycles. The van der Waals surface area contributed by atoms with Crippen molar-refractivity contribution in [3.05, 3.63) is 35.9 Å².